The van der Waals surface area contributed by atoms with Gasteiger partial charge in [0.2, 0.25) is 0 Å². The first-order valence-corrected chi connectivity index (χ1v) is 8.01. The SMILES string of the molecule is COc1cc(OC)c(C2SC(CO)=C(CO)S2)c(OC)c1. The van der Waals surface area contributed by atoms with Gasteiger partial charge in [-0.1, -0.05) is 0 Å². The first-order chi connectivity index (χ1) is 10.2. The van der Waals surface area contributed by atoms with Crippen molar-refractivity contribution in [1.29, 1.82) is 0 Å². The van der Waals surface area contributed by atoms with E-state index >= 15 is 0 Å². The summed E-state index contributed by atoms with van der Waals surface area (Å²) in [6.45, 7) is -0.157. The predicted octanol–water partition coefficient (Wildman–Crippen LogP) is 2.39. The number of methoxy groups -OCH3 is 3. The van der Waals surface area contributed by atoms with E-state index in [4.69, 9.17) is 14.2 Å². The van der Waals surface area contributed by atoms with Crippen molar-refractivity contribution in [3.05, 3.63) is 27.5 Å². The van der Waals surface area contributed by atoms with E-state index < -0.39 is 0 Å². The molecular formula is C14H18O5S2. The van der Waals surface area contributed by atoms with Crippen molar-refractivity contribution >= 4 is 23.5 Å². The Morgan fingerprint density at radius 2 is 1.38 bits per heavy atom. The molecule has 0 aliphatic carbocycles. The molecule has 1 aliphatic rings. The van der Waals surface area contributed by atoms with Crippen LogP contribution in [0, 0.1) is 0 Å². The van der Waals surface area contributed by atoms with E-state index in [0.717, 1.165) is 15.4 Å². The highest BCUT2D eigenvalue weighted by atomic mass is 32.2. The van der Waals surface area contributed by atoms with Crippen LogP contribution >= 0.6 is 23.5 Å². The fourth-order valence-electron chi connectivity index (χ4n) is 2.05. The zero-order chi connectivity index (χ0) is 15.4. The summed E-state index contributed by atoms with van der Waals surface area (Å²) >= 11 is 3.00. The molecule has 0 atom stereocenters. The Morgan fingerprint density at radius 3 is 1.71 bits per heavy atom. The van der Waals surface area contributed by atoms with Crippen LogP contribution in [0.1, 0.15) is 10.1 Å². The molecule has 0 aromatic heterocycles. The molecule has 0 bridgehead atoms. The largest absolute Gasteiger partial charge is 0.496 e. The Bertz CT molecular complexity index is 503. The summed E-state index contributed by atoms with van der Waals surface area (Å²) in [4.78, 5) is 1.57. The van der Waals surface area contributed by atoms with Crippen LogP contribution in [-0.4, -0.2) is 44.8 Å². The summed E-state index contributed by atoms with van der Waals surface area (Å²) in [5, 5.41) is 18.8. The van der Waals surface area contributed by atoms with Gasteiger partial charge >= 0.3 is 0 Å². The summed E-state index contributed by atoms with van der Waals surface area (Å²) in [6.07, 6.45) is 0. The lowest BCUT2D eigenvalue weighted by Crippen LogP contribution is -1.99. The highest BCUT2D eigenvalue weighted by Gasteiger charge is 2.31. The molecule has 1 aromatic rings. The maximum Gasteiger partial charge on any atom is 0.131 e. The minimum Gasteiger partial charge on any atom is -0.496 e. The first kappa shape index (κ1) is 16.4. The van der Waals surface area contributed by atoms with E-state index in [1.54, 1.807) is 33.5 Å². The zero-order valence-electron chi connectivity index (χ0n) is 12.1. The molecule has 0 unspecified atom stereocenters. The Balaban J connectivity index is 2.40. The molecule has 116 valence electrons. The van der Waals surface area contributed by atoms with Crippen LogP contribution in [0.15, 0.2) is 21.9 Å². The molecule has 2 N–H and O–H groups in total. The lowest BCUT2D eigenvalue weighted by atomic mass is 10.2. The summed E-state index contributed by atoms with van der Waals surface area (Å²) in [6, 6.07) is 3.60. The summed E-state index contributed by atoms with van der Waals surface area (Å²) in [5.74, 6) is 1.97. The van der Waals surface area contributed by atoms with Crippen LogP contribution in [0.3, 0.4) is 0 Å². The van der Waals surface area contributed by atoms with Gasteiger partial charge in [0.1, 0.15) is 17.2 Å². The third-order valence-electron chi connectivity index (χ3n) is 3.09. The predicted molar refractivity (Wildman–Crippen MR) is 85.2 cm³/mol. The van der Waals surface area contributed by atoms with E-state index in [-0.39, 0.29) is 17.8 Å². The van der Waals surface area contributed by atoms with Gasteiger partial charge in [-0.2, -0.15) is 0 Å². The maximum atomic E-state index is 9.38. The number of hydrogen-bond acceptors (Lipinski definition) is 7. The molecule has 0 saturated heterocycles. The Hall–Kier alpha value is -1.02. The van der Waals surface area contributed by atoms with Crippen LogP contribution in [0.2, 0.25) is 0 Å². The lowest BCUT2D eigenvalue weighted by Gasteiger charge is -2.19. The van der Waals surface area contributed by atoms with Crippen molar-refractivity contribution in [1.82, 2.24) is 0 Å². The second-order valence-corrected chi connectivity index (χ2v) is 6.87. The van der Waals surface area contributed by atoms with Crippen LogP contribution in [0.5, 0.6) is 17.2 Å². The first-order valence-electron chi connectivity index (χ1n) is 6.25. The monoisotopic (exact) mass is 330 g/mol. The van der Waals surface area contributed by atoms with Gasteiger partial charge < -0.3 is 24.4 Å². The van der Waals surface area contributed by atoms with E-state index in [0.29, 0.717) is 17.2 Å². The summed E-state index contributed by atoms with van der Waals surface area (Å²) < 4.78 is 16.1. The smallest absolute Gasteiger partial charge is 0.131 e. The molecule has 0 radical (unpaired) electrons. The van der Waals surface area contributed by atoms with Crippen molar-refractivity contribution in [3.8, 4) is 17.2 Å². The van der Waals surface area contributed by atoms with Gasteiger partial charge in [0, 0.05) is 21.9 Å². The quantitative estimate of drug-likeness (QED) is 0.830. The number of aliphatic hydroxyl groups excluding tert-OH is 2. The third-order valence-corrected chi connectivity index (χ3v) is 6.01. The maximum absolute atomic E-state index is 9.38. The van der Waals surface area contributed by atoms with Gasteiger partial charge in [0.25, 0.3) is 0 Å². The van der Waals surface area contributed by atoms with E-state index in [1.807, 2.05) is 0 Å². The fourth-order valence-corrected chi connectivity index (χ4v) is 4.98. The number of aliphatic hydroxyl groups is 2. The van der Waals surface area contributed by atoms with Crippen LogP contribution in [-0.2, 0) is 0 Å². The van der Waals surface area contributed by atoms with Gasteiger partial charge in [-0.25, -0.2) is 0 Å². The molecule has 1 aromatic carbocycles. The highest BCUT2D eigenvalue weighted by molar-refractivity contribution is 8.22. The standard InChI is InChI=1S/C14H18O5S2/c1-17-8-4-9(18-2)13(10(5-8)19-3)14-20-11(6-15)12(7-16)21-14/h4-5,14-16H,6-7H2,1-3H3. The normalized spacial score (nSPS) is 15.5. The number of hydrogen-bond donors (Lipinski definition) is 2. The average molecular weight is 330 g/mol. The number of thioether (sulfide) groups is 2. The molecule has 0 saturated carbocycles. The molecule has 1 aliphatic heterocycles. The minimum absolute atomic E-state index is 0.0369. The van der Waals surface area contributed by atoms with Crippen LogP contribution in [0.4, 0.5) is 0 Å². The molecule has 0 spiro atoms. The van der Waals surface area contributed by atoms with Gasteiger partial charge in [-0.15, -0.1) is 23.5 Å². The fraction of sp³-hybridized carbons (Fsp3) is 0.429. The second kappa shape index (κ2) is 7.31. The molecule has 21 heavy (non-hydrogen) atoms. The van der Waals surface area contributed by atoms with Crippen molar-refractivity contribution < 1.29 is 24.4 Å². The van der Waals surface area contributed by atoms with E-state index in [9.17, 15) is 10.2 Å². The third kappa shape index (κ3) is 3.26. The Labute approximate surface area is 132 Å². The van der Waals surface area contributed by atoms with Crippen molar-refractivity contribution in [2.75, 3.05) is 34.5 Å². The van der Waals surface area contributed by atoms with Crippen molar-refractivity contribution in [3.63, 3.8) is 0 Å². The van der Waals surface area contributed by atoms with E-state index in [1.165, 1.54) is 23.5 Å². The lowest BCUT2D eigenvalue weighted by molar-refractivity contribution is 0.324. The number of benzene rings is 1. The number of rotatable bonds is 6. The minimum atomic E-state index is -0.0785. The van der Waals surface area contributed by atoms with Gasteiger partial charge in [-0.05, 0) is 0 Å². The van der Waals surface area contributed by atoms with Gasteiger partial charge in [0.15, 0.2) is 0 Å². The van der Waals surface area contributed by atoms with Crippen LogP contribution < -0.4 is 14.2 Å². The van der Waals surface area contributed by atoms with Gasteiger partial charge in [0.05, 0.1) is 44.7 Å². The van der Waals surface area contributed by atoms with Crippen LogP contribution in [0.25, 0.3) is 0 Å². The highest BCUT2D eigenvalue weighted by Crippen LogP contribution is 2.59. The molecule has 1 heterocycles. The Morgan fingerprint density at radius 1 is 0.905 bits per heavy atom. The second-order valence-electron chi connectivity index (χ2n) is 4.18. The number of ether oxygens (including phenoxy) is 3. The topological polar surface area (TPSA) is 68.2 Å². The molecule has 0 fully saturated rings. The molecule has 7 heteroatoms. The molecule has 0 amide bonds. The Kier molecular flexibility index (Phi) is 5.69. The van der Waals surface area contributed by atoms with Gasteiger partial charge in [-0.3, -0.25) is 0 Å². The van der Waals surface area contributed by atoms with E-state index in [2.05, 4.69) is 0 Å². The van der Waals surface area contributed by atoms with Crippen molar-refractivity contribution in [2.45, 2.75) is 4.58 Å². The summed E-state index contributed by atoms with van der Waals surface area (Å²) in [5.41, 5.74) is 0.880. The molecular weight excluding hydrogens is 312 g/mol. The molecule has 2 rings (SSSR count). The van der Waals surface area contributed by atoms with Crippen molar-refractivity contribution in [2.24, 2.45) is 0 Å². The molecule has 5 nitrogen and oxygen atoms in total. The zero-order valence-corrected chi connectivity index (χ0v) is 13.7. The summed E-state index contributed by atoms with van der Waals surface area (Å²) in [7, 11) is 4.77. The average Bonchev–Trinajstić information content (AvgIpc) is 2.96.